The Balaban J connectivity index is 2.01. The normalized spacial score (nSPS) is 10.3. The Kier molecular flexibility index (Phi) is 3.13. The van der Waals surface area contributed by atoms with Crippen LogP contribution in [0, 0.1) is 11.3 Å². The summed E-state index contributed by atoms with van der Waals surface area (Å²) in [6, 6.07) is 12.4. The second-order valence-corrected chi connectivity index (χ2v) is 4.41. The Morgan fingerprint density at radius 3 is 2.76 bits per heavy atom. The first kappa shape index (κ1) is 12.9. The van der Waals surface area contributed by atoms with Crippen LogP contribution in [0.2, 0.25) is 0 Å². The molecule has 0 aliphatic rings. The molecule has 0 amide bonds. The summed E-state index contributed by atoms with van der Waals surface area (Å²) in [7, 11) is 0. The molecule has 0 bridgehead atoms. The number of carbonyl (C=O) groups is 1. The smallest absolute Gasteiger partial charge is 0.247 e. The topological polar surface area (TPSA) is 76.1 Å². The lowest BCUT2D eigenvalue weighted by molar-refractivity contribution is 0.101. The predicted octanol–water partition coefficient (Wildman–Crippen LogP) is 3.69. The Morgan fingerprint density at radius 2 is 2.10 bits per heavy atom. The van der Waals surface area contributed by atoms with Crippen LogP contribution in [0.25, 0.3) is 11.0 Å². The number of aromatic nitrogens is 1. The number of rotatable bonds is 3. The lowest BCUT2D eigenvalue weighted by Gasteiger charge is -2.04. The van der Waals surface area contributed by atoms with Crippen molar-refractivity contribution in [1.29, 1.82) is 5.26 Å². The molecule has 21 heavy (non-hydrogen) atoms. The molecule has 0 aliphatic heterocycles. The van der Waals surface area contributed by atoms with Crippen molar-refractivity contribution in [2.45, 2.75) is 6.92 Å². The number of ether oxygens (including phenoxy) is 1. The van der Waals surface area contributed by atoms with E-state index in [0.717, 1.165) is 0 Å². The van der Waals surface area contributed by atoms with Gasteiger partial charge in [0.1, 0.15) is 23.1 Å². The van der Waals surface area contributed by atoms with Gasteiger partial charge in [0, 0.05) is 6.92 Å². The summed E-state index contributed by atoms with van der Waals surface area (Å²) in [5.74, 6) is 0.772. The number of nitrogens with zero attached hydrogens (tertiary/aromatic N) is 2. The van der Waals surface area contributed by atoms with Gasteiger partial charge in [-0.2, -0.15) is 5.26 Å². The molecular formula is C16H10N2O3. The number of hydrogen-bond donors (Lipinski definition) is 0. The number of furan rings is 1. The maximum absolute atomic E-state index is 11.2. The molecule has 0 radical (unpaired) electrons. The van der Waals surface area contributed by atoms with Gasteiger partial charge in [0.05, 0.1) is 11.6 Å². The van der Waals surface area contributed by atoms with Gasteiger partial charge in [-0.3, -0.25) is 4.79 Å². The molecule has 0 N–H and O–H groups in total. The van der Waals surface area contributed by atoms with Crippen LogP contribution in [0.3, 0.4) is 0 Å². The van der Waals surface area contributed by atoms with Gasteiger partial charge in [-0.15, -0.1) is 0 Å². The number of nitriles is 1. The number of carbonyl (C=O) groups excluding carboxylic acids is 1. The summed E-state index contributed by atoms with van der Waals surface area (Å²) >= 11 is 0. The molecule has 0 saturated heterocycles. The van der Waals surface area contributed by atoms with Crippen LogP contribution in [0.15, 0.2) is 47.0 Å². The van der Waals surface area contributed by atoms with Gasteiger partial charge in [0.15, 0.2) is 11.5 Å². The summed E-state index contributed by atoms with van der Waals surface area (Å²) in [6.45, 7) is 1.44. The van der Waals surface area contributed by atoms with E-state index < -0.39 is 0 Å². The van der Waals surface area contributed by atoms with Crippen LogP contribution in [-0.2, 0) is 0 Å². The number of benzene rings is 1. The zero-order chi connectivity index (χ0) is 14.8. The summed E-state index contributed by atoms with van der Waals surface area (Å²) in [6.07, 6.45) is 1.44. The molecule has 1 aromatic carbocycles. The van der Waals surface area contributed by atoms with Gasteiger partial charge in [-0.1, -0.05) is 12.1 Å². The molecule has 0 unspecified atom stereocenters. The Labute approximate surface area is 120 Å². The van der Waals surface area contributed by atoms with E-state index >= 15 is 0 Å². The van der Waals surface area contributed by atoms with Gasteiger partial charge >= 0.3 is 0 Å². The molecular weight excluding hydrogens is 268 g/mol. The zero-order valence-electron chi connectivity index (χ0n) is 11.2. The van der Waals surface area contributed by atoms with Crippen LogP contribution in [0.4, 0.5) is 0 Å². The number of fused-ring (bicyclic) bond motifs is 1. The fraction of sp³-hybridized carbons (Fsp3) is 0.0625. The first-order valence-electron chi connectivity index (χ1n) is 6.25. The minimum absolute atomic E-state index is 0.104. The van der Waals surface area contributed by atoms with E-state index in [-0.39, 0.29) is 11.5 Å². The van der Waals surface area contributed by atoms with Crippen LogP contribution >= 0.6 is 0 Å². The second kappa shape index (κ2) is 5.10. The Morgan fingerprint density at radius 1 is 1.29 bits per heavy atom. The standard InChI is InChI=1S/C16H10N2O3/c1-10(19)13-7-6-11(9-18-13)20-16-12-4-2-3-5-14(12)21-15(16)8-17/h2-7,9H,1H3. The molecule has 0 fully saturated rings. The van der Waals surface area contributed by atoms with E-state index in [1.807, 2.05) is 24.3 Å². The van der Waals surface area contributed by atoms with E-state index in [0.29, 0.717) is 28.2 Å². The van der Waals surface area contributed by atoms with Gasteiger partial charge in [-0.05, 0) is 24.3 Å². The van der Waals surface area contributed by atoms with Gasteiger partial charge < -0.3 is 9.15 Å². The number of para-hydroxylation sites is 1. The van der Waals surface area contributed by atoms with Crippen molar-refractivity contribution in [1.82, 2.24) is 4.98 Å². The lowest BCUT2D eigenvalue weighted by atomic mass is 10.2. The van der Waals surface area contributed by atoms with Crippen molar-refractivity contribution >= 4 is 16.8 Å². The molecule has 3 rings (SSSR count). The van der Waals surface area contributed by atoms with Gasteiger partial charge in [0.25, 0.3) is 0 Å². The number of pyridine rings is 1. The monoisotopic (exact) mass is 278 g/mol. The van der Waals surface area contributed by atoms with Gasteiger partial charge in [-0.25, -0.2) is 4.98 Å². The third-order valence-corrected chi connectivity index (χ3v) is 2.97. The molecule has 2 heterocycles. The maximum atomic E-state index is 11.2. The first-order valence-corrected chi connectivity index (χ1v) is 6.25. The molecule has 0 atom stereocenters. The van der Waals surface area contributed by atoms with Crippen LogP contribution in [0.1, 0.15) is 23.2 Å². The largest absolute Gasteiger partial charge is 0.450 e. The average molecular weight is 278 g/mol. The summed E-state index contributed by atoms with van der Waals surface area (Å²) in [5, 5.41) is 9.84. The van der Waals surface area contributed by atoms with Crippen LogP contribution in [0.5, 0.6) is 11.5 Å². The van der Waals surface area contributed by atoms with Gasteiger partial charge in [0.2, 0.25) is 5.76 Å². The van der Waals surface area contributed by atoms with E-state index in [1.54, 1.807) is 18.2 Å². The summed E-state index contributed by atoms with van der Waals surface area (Å²) < 4.78 is 11.1. The average Bonchev–Trinajstić information content (AvgIpc) is 2.86. The van der Waals surface area contributed by atoms with Crippen molar-refractivity contribution in [2.75, 3.05) is 0 Å². The SMILES string of the molecule is CC(=O)c1ccc(Oc2c(C#N)oc3ccccc23)cn1. The fourth-order valence-electron chi connectivity index (χ4n) is 1.96. The number of ketones is 1. The molecule has 5 nitrogen and oxygen atoms in total. The Bertz CT molecular complexity index is 857. The molecule has 0 aliphatic carbocycles. The van der Waals surface area contributed by atoms with E-state index in [4.69, 9.17) is 14.4 Å². The molecule has 102 valence electrons. The van der Waals surface area contributed by atoms with E-state index in [1.165, 1.54) is 13.1 Å². The van der Waals surface area contributed by atoms with Crippen molar-refractivity contribution < 1.29 is 13.9 Å². The first-order chi connectivity index (χ1) is 10.2. The highest BCUT2D eigenvalue weighted by molar-refractivity contribution is 5.92. The van der Waals surface area contributed by atoms with Crippen LogP contribution in [-0.4, -0.2) is 10.8 Å². The highest BCUT2D eigenvalue weighted by Crippen LogP contribution is 2.35. The van der Waals surface area contributed by atoms with E-state index in [9.17, 15) is 4.79 Å². The number of Topliss-reactive ketones (excluding diaryl/α,β-unsaturated/α-hetero) is 1. The maximum Gasteiger partial charge on any atom is 0.247 e. The number of hydrogen-bond acceptors (Lipinski definition) is 5. The van der Waals surface area contributed by atoms with Crippen molar-refractivity contribution in [3.05, 3.63) is 54.0 Å². The highest BCUT2D eigenvalue weighted by Gasteiger charge is 2.16. The zero-order valence-corrected chi connectivity index (χ0v) is 11.2. The third kappa shape index (κ3) is 2.35. The Hall–Kier alpha value is -3.13. The minimum atomic E-state index is -0.118. The second-order valence-electron chi connectivity index (χ2n) is 4.41. The van der Waals surface area contributed by atoms with Crippen LogP contribution < -0.4 is 4.74 Å². The molecule has 5 heteroatoms. The molecule has 0 spiro atoms. The van der Waals surface area contributed by atoms with Crippen molar-refractivity contribution in [3.63, 3.8) is 0 Å². The fourth-order valence-corrected chi connectivity index (χ4v) is 1.96. The molecule has 3 aromatic rings. The summed E-state index contributed by atoms with van der Waals surface area (Å²) in [5.41, 5.74) is 0.942. The highest BCUT2D eigenvalue weighted by atomic mass is 16.5. The molecule has 0 saturated carbocycles. The minimum Gasteiger partial charge on any atom is -0.450 e. The van der Waals surface area contributed by atoms with E-state index in [2.05, 4.69) is 4.98 Å². The quantitative estimate of drug-likeness (QED) is 0.683. The third-order valence-electron chi connectivity index (χ3n) is 2.97. The predicted molar refractivity (Wildman–Crippen MR) is 75.2 cm³/mol. The lowest BCUT2D eigenvalue weighted by Crippen LogP contribution is -1.96. The van der Waals surface area contributed by atoms with Crippen molar-refractivity contribution in [3.8, 4) is 17.6 Å². The summed E-state index contributed by atoms with van der Waals surface area (Å²) in [4.78, 5) is 15.2. The molecule has 2 aromatic heterocycles. The van der Waals surface area contributed by atoms with Crippen molar-refractivity contribution in [2.24, 2.45) is 0 Å².